The maximum atomic E-state index is 13.2. The smallest absolute Gasteiger partial charge is 0.336 e. The first-order chi connectivity index (χ1) is 28.6. The first kappa shape index (κ1) is 46.0. The van der Waals surface area contributed by atoms with Crippen molar-refractivity contribution in [1.82, 2.24) is 15.2 Å². The van der Waals surface area contributed by atoms with Gasteiger partial charge in [-0.15, -0.1) is 0 Å². The zero-order valence-corrected chi connectivity index (χ0v) is 35.9. The van der Waals surface area contributed by atoms with Crippen LogP contribution in [0, 0.1) is 0 Å². The third kappa shape index (κ3) is 14.9. The van der Waals surface area contributed by atoms with Crippen LogP contribution in [0.15, 0.2) is 108 Å². The number of fused-ring (bicyclic) bond motifs is 2. The van der Waals surface area contributed by atoms with Crippen LogP contribution in [0.4, 0.5) is 5.69 Å². The number of carbonyl (C=O) groups excluding carboxylic acids is 2. The van der Waals surface area contributed by atoms with Gasteiger partial charge >= 0.3 is 5.97 Å². The van der Waals surface area contributed by atoms with E-state index in [4.69, 9.17) is 4.42 Å². The number of allylic oxidation sites excluding steroid dienone is 8. The number of nitrogens with zero attached hydrogens (tertiary/aromatic N) is 2. The third-order valence-electron chi connectivity index (χ3n) is 10.2. The first-order valence-electron chi connectivity index (χ1n) is 21.3. The number of nitrogens with one attached hydrogen (secondary N) is 2. The average molecular weight is 802 g/mol. The molecule has 2 aliphatic rings. The molecule has 9 nitrogen and oxygen atoms in total. The van der Waals surface area contributed by atoms with Crippen molar-refractivity contribution in [3.05, 3.63) is 120 Å². The largest absolute Gasteiger partial charge is 0.478 e. The number of unbranched alkanes of at least 4 members (excludes halogenated alkanes) is 6. The minimum absolute atomic E-state index is 0.0368. The summed E-state index contributed by atoms with van der Waals surface area (Å²) < 4.78 is 8.39. The lowest BCUT2D eigenvalue weighted by atomic mass is 9.89. The highest BCUT2D eigenvalue weighted by Crippen LogP contribution is 2.42. The predicted octanol–water partition coefficient (Wildman–Crippen LogP) is 10.2. The quantitative estimate of drug-likeness (QED) is 0.0281. The van der Waals surface area contributed by atoms with E-state index >= 15 is 0 Å². The van der Waals surface area contributed by atoms with E-state index in [-0.39, 0.29) is 22.9 Å². The van der Waals surface area contributed by atoms with Gasteiger partial charge in [0.05, 0.1) is 11.6 Å². The van der Waals surface area contributed by atoms with Gasteiger partial charge in [-0.3, -0.25) is 9.59 Å². The summed E-state index contributed by atoms with van der Waals surface area (Å²) in [6.07, 6.45) is 30.2. The van der Waals surface area contributed by atoms with E-state index < -0.39 is 5.97 Å². The molecule has 0 spiro atoms. The molecule has 3 N–H and O–H groups in total. The van der Waals surface area contributed by atoms with Crippen molar-refractivity contribution in [2.75, 3.05) is 46.2 Å². The van der Waals surface area contributed by atoms with Crippen LogP contribution in [-0.4, -0.2) is 64.2 Å². The lowest BCUT2D eigenvalue weighted by Gasteiger charge is -2.19. The van der Waals surface area contributed by atoms with E-state index in [1.165, 1.54) is 31.7 Å². The number of carbonyl (C=O) groups is 3. The molecule has 1 aliphatic heterocycles. The second-order valence-electron chi connectivity index (χ2n) is 15.3. The number of hydrogen-bond donors (Lipinski definition) is 3. The molecule has 0 radical (unpaired) electrons. The monoisotopic (exact) mass is 801 g/mol. The van der Waals surface area contributed by atoms with Crippen molar-refractivity contribution < 1.29 is 23.9 Å². The molecule has 0 bridgehead atoms. The molecule has 0 atom stereocenters. The maximum absolute atomic E-state index is 13.2. The Labute approximate surface area is 351 Å². The Balaban J connectivity index is 1.19. The van der Waals surface area contributed by atoms with Crippen molar-refractivity contribution in [3.63, 3.8) is 0 Å². The Morgan fingerprint density at radius 1 is 0.712 bits per heavy atom. The summed E-state index contributed by atoms with van der Waals surface area (Å²) in [7, 11) is 7.82. The number of aromatic carboxylic acids is 1. The number of anilines is 1. The van der Waals surface area contributed by atoms with Gasteiger partial charge in [-0.05, 0) is 100 Å². The molecule has 1 heterocycles. The third-order valence-corrected chi connectivity index (χ3v) is 10.2. The minimum atomic E-state index is -1.12. The molecule has 4 rings (SSSR count). The fourth-order valence-corrected chi connectivity index (χ4v) is 6.78. The van der Waals surface area contributed by atoms with Crippen LogP contribution in [-0.2, 0) is 4.79 Å². The molecular formula is C50H65N4O5+. The maximum Gasteiger partial charge on any atom is 0.336 e. The van der Waals surface area contributed by atoms with Crippen LogP contribution < -0.4 is 25.5 Å². The number of carboxylic acid groups (broad SMARTS) is 1. The summed E-state index contributed by atoms with van der Waals surface area (Å²) in [4.78, 5) is 40.2. The van der Waals surface area contributed by atoms with Crippen LogP contribution in [0.1, 0.15) is 111 Å². The molecule has 0 fully saturated rings. The highest BCUT2D eigenvalue weighted by atomic mass is 16.4. The second-order valence-corrected chi connectivity index (χ2v) is 15.3. The molecule has 2 aromatic carbocycles. The van der Waals surface area contributed by atoms with Crippen molar-refractivity contribution in [2.24, 2.45) is 0 Å². The van der Waals surface area contributed by atoms with E-state index in [0.29, 0.717) is 36.4 Å². The van der Waals surface area contributed by atoms with Crippen molar-refractivity contribution in [3.8, 4) is 22.5 Å². The number of carboxylic acids is 1. The van der Waals surface area contributed by atoms with Gasteiger partial charge in [0.25, 0.3) is 5.91 Å². The van der Waals surface area contributed by atoms with Gasteiger partial charge in [0, 0.05) is 73.5 Å². The zero-order chi connectivity index (χ0) is 42.4. The number of amides is 2. The Hall–Kier alpha value is -5.70. The van der Waals surface area contributed by atoms with E-state index in [9.17, 15) is 19.5 Å². The summed E-state index contributed by atoms with van der Waals surface area (Å²) in [6.45, 7) is 3.28. The van der Waals surface area contributed by atoms with Gasteiger partial charge in [-0.25, -0.2) is 9.37 Å². The number of hydrogen-bond acceptors (Lipinski definition) is 5. The van der Waals surface area contributed by atoms with Gasteiger partial charge in [-0.1, -0.05) is 74.4 Å². The Bertz CT molecular complexity index is 2150. The zero-order valence-electron chi connectivity index (χ0n) is 35.9. The highest BCUT2D eigenvalue weighted by Gasteiger charge is 2.23. The van der Waals surface area contributed by atoms with E-state index in [2.05, 4.69) is 66.2 Å². The SMILES string of the molecule is CCCCCC=CCC=CCC=CCC=CCCCC(=O)NCCCCCNC(=O)c1ccc(-c2c3ccc(=[N+](C)C)cc-3oc3cc(N(C)C)ccc23)c(C(=O)O)c1. The Morgan fingerprint density at radius 2 is 1.36 bits per heavy atom. The van der Waals surface area contributed by atoms with Crippen LogP contribution in [0.3, 0.4) is 0 Å². The Morgan fingerprint density at radius 3 is 2.00 bits per heavy atom. The summed E-state index contributed by atoms with van der Waals surface area (Å²) >= 11 is 0. The number of benzene rings is 3. The molecule has 314 valence electrons. The molecule has 59 heavy (non-hydrogen) atoms. The topological polar surface area (TPSA) is 115 Å². The lowest BCUT2D eigenvalue weighted by Crippen LogP contribution is -2.26. The van der Waals surface area contributed by atoms with Crippen LogP contribution in [0.25, 0.3) is 33.4 Å². The standard InChI is InChI=1S/C50H64N4O5/c1-6-7-8-9-10-11-12-13-14-15-16-17-18-19-20-21-23-26-47(55)51-33-24-22-25-34-52-49(56)38-27-30-41(44(35-38)50(57)58)48-42-31-28-39(53(2)3)36-45(42)59-46-37-40(54(4)5)29-32-43(46)48/h10-11,13-14,16-17,19-20,27-32,35-37H,6-9,12,15,18,21-26,33-34H2,1-5H3,(H2-,51,52,55,56,57,58)/p+1. The van der Waals surface area contributed by atoms with Gasteiger partial charge in [0.15, 0.2) is 0 Å². The van der Waals surface area contributed by atoms with Crippen LogP contribution >= 0.6 is 0 Å². The van der Waals surface area contributed by atoms with E-state index in [1.807, 2.05) is 74.1 Å². The fourth-order valence-electron chi connectivity index (χ4n) is 6.78. The number of rotatable bonds is 24. The second kappa shape index (κ2) is 24.9. The van der Waals surface area contributed by atoms with Gasteiger partial charge < -0.3 is 25.1 Å². The molecule has 0 unspecified atom stereocenters. The van der Waals surface area contributed by atoms with Gasteiger partial charge in [0.1, 0.15) is 25.4 Å². The van der Waals surface area contributed by atoms with Crippen LogP contribution in [0.2, 0.25) is 0 Å². The summed E-state index contributed by atoms with van der Waals surface area (Å²) in [5, 5.41) is 18.1. The predicted molar refractivity (Wildman–Crippen MR) is 244 cm³/mol. The summed E-state index contributed by atoms with van der Waals surface area (Å²) in [6, 6.07) is 16.6. The molecular weight excluding hydrogens is 737 g/mol. The van der Waals surface area contributed by atoms with Gasteiger partial charge in [0.2, 0.25) is 11.3 Å². The Kier molecular flexibility index (Phi) is 19.4. The van der Waals surface area contributed by atoms with E-state index in [1.54, 1.807) is 12.1 Å². The van der Waals surface area contributed by atoms with Crippen molar-refractivity contribution >= 4 is 34.4 Å². The van der Waals surface area contributed by atoms with Gasteiger partial charge in [-0.2, -0.15) is 0 Å². The molecule has 0 saturated carbocycles. The molecule has 9 heteroatoms. The van der Waals surface area contributed by atoms with Crippen LogP contribution in [0.5, 0.6) is 0 Å². The minimum Gasteiger partial charge on any atom is -0.478 e. The molecule has 1 aliphatic carbocycles. The molecule has 0 aromatic heterocycles. The highest BCUT2D eigenvalue weighted by molar-refractivity contribution is 6.09. The molecule has 2 amide bonds. The molecule has 2 aromatic rings. The lowest BCUT2D eigenvalue weighted by molar-refractivity contribution is -0.121. The van der Waals surface area contributed by atoms with E-state index in [0.717, 1.165) is 78.9 Å². The average Bonchev–Trinajstić information content (AvgIpc) is 3.22. The summed E-state index contributed by atoms with van der Waals surface area (Å²) in [5.74, 6) is -0.755. The van der Waals surface area contributed by atoms with Crippen molar-refractivity contribution in [1.29, 1.82) is 0 Å². The van der Waals surface area contributed by atoms with Crippen molar-refractivity contribution in [2.45, 2.75) is 90.4 Å². The molecule has 0 saturated heterocycles. The normalized spacial score (nSPS) is 11.8. The first-order valence-corrected chi connectivity index (χ1v) is 21.3. The summed E-state index contributed by atoms with van der Waals surface area (Å²) in [5.41, 5.74) is 3.92. The fraction of sp³-hybridized carbons (Fsp3) is 0.400.